The summed E-state index contributed by atoms with van der Waals surface area (Å²) in [6.07, 6.45) is 1.82. The van der Waals surface area contributed by atoms with Gasteiger partial charge in [0.1, 0.15) is 12.3 Å². The quantitative estimate of drug-likeness (QED) is 0.463. The van der Waals surface area contributed by atoms with Gasteiger partial charge in [-0.3, -0.25) is 9.20 Å². The van der Waals surface area contributed by atoms with Crippen LogP contribution in [0.2, 0.25) is 0 Å². The zero-order chi connectivity index (χ0) is 20.3. The molecule has 0 radical (unpaired) electrons. The van der Waals surface area contributed by atoms with E-state index in [2.05, 4.69) is 37.6 Å². The van der Waals surface area contributed by atoms with Gasteiger partial charge in [0, 0.05) is 12.7 Å². The number of benzene rings is 1. The number of carbonyl (C=O) groups is 1. The second kappa shape index (κ2) is 8.52. The molecule has 0 aliphatic heterocycles. The number of hydrogen-bond acceptors (Lipinski definition) is 5. The maximum absolute atomic E-state index is 13.0. The minimum absolute atomic E-state index is 0.180. The second-order valence-electron chi connectivity index (χ2n) is 7.16. The van der Waals surface area contributed by atoms with E-state index in [-0.39, 0.29) is 5.56 Å². The highest BCUT2D eigenvalue weighted by Gasteiger charge is 2.13. The van der Waals surface area contributed by atoms with Gasteiger partial charge in [-0.05, 0) is 48.8 Å². The molecule has 0 aliphatic carbocycles. The number of nitrogens with zero attached hydrogens (tertiary/aromatic N) is 3. The van der Waals surface area contributed by atoms with Gasteiger partial charge in [0.25, 0.3) is 5.56 Å². The van der Waals surface area contributed by atoms with Crippen molar-refractivity contribution in [2.45, 2.75) is 33.6 Å². The van der Waals surface area contributed by atoms with Crippen LogP contribution in [0.1, 0.15) is 49.5 Å². The van der Waals surface area contributed by atoms with Gasteiger partial charge in [-0.25, -0.2) is 9.78 Å². The van der Waals surface area contributed by atoms with Crippen LogP contribution >= 0.6 is 0 Å². The molecular weight excluding hydrogens is 354 g/mol. The highest BCUT2D eigenvalue weighted by Crippen LogP contribution is 2.17. The number of ether oxygens (including phenoxy) is 1. The molecule has 3 aromatic rings. The van der Waals surface area contributed by atoms with Crippen molar-refractivity contribution in [3.05, 3.63) is 58.0 Å². The molecule has 0 N–H and O–H groups in total. The van der Waals surface area contributed by atoms with Crippen LogP contribution in [0, 0.1) is 0 Å². The van der Waals surface area contributed by atoms with Crippen LogP contribution in [0.25, 0.3) is 16.6 Å². The van der Waals surface area contributed by atoms with E-state index in [9.17, 15) is 9.59 Å². The van der Waals surface area contributed by atoms with E-state index < -0.39 is 5.97 Å². The zero-order valence-electron chi connectivity index (χ0n) is 16.9. The molecule has 28 heavy (non-hydrogen) atoms. The number of aromatic nitrogens is 2. The molecule has 0 bridgehead atoms. The first-order valence-corrected chi connectivity index (χ1v) is 9.80. The molecular formula is C22H27N3O3. The van der Waals surface area contributed by atoms with Crippen molar-refractivity contribution in [1.29, 1.82) is 0 Å². The van der Waals surface area contributed by atoms with Crippen LogP contribution in [0.5, 0.6) is 0 Å². The molecule has 0 spiro atoms. The highest BCUT2D eigenvalue weighted by molar-refractivity contribution is 5.94. The zero-order valence-corrected chi connectivity index (χ0v) is 16.9. The van der Waals surface area contributed by atoms with Crippen molar-refractivity contribution in [3.8, 4) is 0 Å². The Kier molecular flexibility index (Phi) is 6.09. The smallest absolute Gasteiger partial charge is 0.338 e. The van der Waals surface area contributed by atoms with Gasteiger partial charge in [-0.2, -0.15) is 0 Å². The Morgan fingerprint density at radius 1 is 1.18 bits per heavy atom. The molecule has 0 amide bonds. The molecule has 148 valence electrons. The molecule has 2 heterocycles. The molecule has 2 aromatic heterocycles. The number of likely N-dealkylation sites (N-methyl/N-ethyl adjacent to an activating group) is 1. The molecule has 0 unspecified atom stereocenters. The largest absolute Gasteiger partial charge is 0.461 e. The second-order valence-corrected chi connectivity index (χ2v) is 7.16. The minimum Gasteiger partial charge on any atom is -0.461 e. The average molecular weight is 381 g/mol. The molecule has 6 nitrogen and oxygen atoms in total. The normalized spacial score (nSPS) is 11.6. The van der Waals surface area contributed by atoms with E-state index in [0.29, 0.717) is 41.2 Å². The van der Waals surface area contributed by atoms with Crippen LogP contribution in [-0.2, 0) is 4.74 Å². The summed E-state index contributed by atoms with van der Waals surface area (Å²) in [5.74, 6) is -0.117. The lowest BCUT2D eigenvalue weighted by Crippen LogP contribution is -2.28. The molecule has 1 aromatic carbocycles. The Labute approximate surface area is 164 Å². The van der Waals surface area contributed by atoms with Crippen molar-refractivity contribution >= 4 is 22.5 Å². The summed E-state index contributed by atoms with van der Waals surface area (Å²) < 4.78 is 6.93. The molecule has 0 saturated heterocycles. The summed E-state index contributed by atoms with van der Waals surface area (Å²) in [7, 11) is 0. The van der Waals surface area contributed by atoms with E-state index in [1.165, 1.54) is 0 Å². The first-order valence-electron chi connectivity index (χ1n) is 9.80. The first kappa shape index (κ1) is 20.0. The van der Waals surface area contributed by atoms with Crippen molar-refractivity contribution in [1.82, 2.24) is 14.3 Å². The predicted molar refractivity (Wildman–Crippen MR) is 111 cm³/mol. The summed E-state index contributed by atoms with van der Waals surface area (Å²) in [5.41, 5.74) is 2.41. The standard InChI is InChI=1S/C22H27N3O3/c1-5-24(6-2)11-12-28-22(27)16-7-9-19-18(13-16)21(26)25-14-17(15(3)4)8-10-20(25)23-19/h7-10,13-15H,5-6,11-12H2,1-4H3. The molecule has 0 saturated carbocycles. The van der Waals surface area contributed by atoms with Gasteiger partial charge < -0.3 is 9.64 Å². The minimum atomic E-state index is -0.422. The number of pyridine rings is 1. The maximum Gasteiger partial charge on any atom is 0.338 e. The summed E-state index contributed by atoms with van der Waals surface area (Å²) in [4.78, 5) is 32.1. The number of hydrogen-bond donors (Lipinski definition) is 0. The van der Waals surface area contributed by atoms with Crippen LogP contribution in [0.4, 0.5) is 0 Å². The number of rotatable bonds is 7. The summed E-state index contributed by atoms with van der Waals surface area (Å²) >= 11 is 0. The average Bonchev–Trinajstić information content (AvgIpc) is 2.70. The van der Waals surface area contributed by atoms with Gasteiger partial charge in [0.05, 0.1) is 16.5 Å². The Morgan fingerprint density at radius 3 is 2.61 bits per heavy atom. The van der Waals surface area contributed by atoms with Crippen LogP contribution in [-0.4, -0.2) is 46.5 Å². The molecule has 6 heteroatoms. The Morgan fingerprint density at radius 2 is 1.93 bits per heavy atom. The fourth-order valence-corrected chi connectivity index (χ4v) is 3.18. The van der Waals surface area contributed by atoms with E-state index in [0.717, 1.165) is 18.7 Å². The molecule has 0 fully saturated rings. The topological polar surface area (TPSA) is 63.9 Å². The maximum atomic E-state index is 13.0. The lowest BCUT2D eigenvalue weighted by atomic mass is 10.1. The van der Waals surface area contributed by atoms with Gasteiger partial charge in [0.2, 0.25) is 0 Å². The lowest BCUT2D eigenvalue weighted by molar-refractivity contribution is 0.0466. The highest BCUT2D eigenvalue weighted by atomic mass is 16.5. The first-order chi connectivity index (χ1) is 13.4. The van der Waals surface area contributed by atoms with Crippen molar-refractivity contribution in [2.75, 3.05) is 26.2 Å². The van der Waals surface area contributed by atoms with Crippen molar-refractivity contribution < 1.29 is 9.53 Å². The summed E-state index contributed by atoms with van der Waals surface area (Å²) in [6.45, 7) is 11.1. The van der Waals surface area contributed by atoms with Crippen molar-refractivity contribution in [3.63, 3.8) is 0 Å². The number of fused-ring (bicyclic) bond motifs is 2. The fourth-order valence-electron chi connectivity index (χ4n) is 3.18. The van der Waals surface area contributed by atoms with Gasteiger partial charge in [-0.15, -0.1) is 0 Å². The third-order valence-electron chi connectivity index (χ3n) is 5.07. The van der Waals surface area contributed by atoms with Gasteiger partial charge in [-0.1, -0.05) is 33.8 Å². The Bertz CT molecular complexity index is 1050. The van der Waals surface area contributed by atoms with E-state index in [4.69, 9.17) is 4.74 Å². The van der Waals surface area contributed by atoms with E-state index >= 15 is 0 Å². The van der Waals surface area contributed by atoms with Gasteiger partial charge >= 0.3 is 5.97 Å². The van der Waals surface area contributed by atoms with Gasteiger partial charge in [0.15, 0.2) is 0 Å². The van der Waals surface area contributed by atoms with E-state index in [1.54, 1.807) is 22.6 Å². The molecule has 0 atom stereocenters. The van der Waals surface area contributed by atoms with Crippen molar-refractivity contribution in [2.24, 2.45) is 0 Å². The third kappa shape index (κ3) is 4.07. The lowest BCUT2D eigenvalue weighted by Gasteiger charge is -2.17. The van der Waals surface area contributed by atoms with E-state index in [1.807, 2.05) is 18.3 Å². The Hall–Kier alpha value is -2.73. The van der Waals surface area contributed by atoms with Crippen LogP contribution < -0.4 is 5.56 Å². The third-order valence-corrected chi connectivity index (χ3v) is 5.07. The molecule has 0 aliphatic rings. The van der Waals surface area contributed by atoms with Crippen LogP contribution in [0.3, 0.4) is 0 Å². The molecule has 3 rings (SSSR count). The predicted octanol–water partition coefficient (Wildman–Crippen LogP) is 3.47. The SMILES string of the molecule is CCN(CC)CCOC(=O)c1ccc2nc3ccc(C(C)C)cn3c(=O)c2c1. The monoisotopic (exact) mass is 381 g/mol. The summed E-state index contributed by atoms with van der Waals surface area (Å²) in [6, 6.07) is 8.78. The summed E-state index contributed by atoms with van der Waals surface area (Å²) in [5, 5.41) is 0.414. The Balaban J connectivity index is 1.91. The fraction of sp³-hybridized carbons (Fsp3) is 0.409. The van der Waals surface area contributed by atoms with Crippen LogP contribution in [0.15, 0.2) is 41.3 Å². The number of carbonyl (C=O) groups excluding carboxylic acids is 1. The number of esters is 1.